The molecule has 0 aliphatic carbocycles. The third-order valence-corrected chi connectivity index (χ3v) is 5.35. The number of furan rings is 1. The number of rotatable bonds is 5. The van der Waals surface area contributed by atoms with Crippen molar-refractivity contribution >= 4 is 40.9 Å². The van der Waals surface area contributed by atoms with Crippen LogP contribution in [0.3, 0.4) is 0 Å². The van der Waals surface area contributed by atoms with Gasteiger partial charge in [0, 0.05) is 48.7 Å². The van der Waals surface area contributed by atoms with Crippen LogP contribution in [-0.4, -0.2) is 42.9 Å². The molecule has 0 bridgehead atoms. The van der Waals surface area contributed by atoms with Crippen LogP contribution in [0.5, 0.6) is 0 Å². The van der Waals surface area contributed by atoms with Crippen molar-refractivity contribution in [2.75, 3.05) is 36.4 Å². The first-order valence-corrected chi connectivity index (χ1v) is 10.4. The zero-order valence-corrected chi connectivity index (χ0v) is 17.6. The molecule has 1 aliphatic rings. The van der Waals surface area contributed by atoms with E-state index in [0.29, 0.717) is 23.9 Å². The maximum Gasteiger partial charge on any atom is 0.289 e. The quantitative estimate of drug-likeness (QED) is 0.597. The second-order valence-electron chi connectivity index (χ2n) is 7.18. The summed E-state index contributed by atoms with van der Waals surface area (Å²) in [4.78, 5) is 28.6. The molecule has 0 atom stereocenters. The van der Waals surface area contributed by atoms with Gasteiger partial charge in [0.05, 0.1) is 6.26 Å². The average Bonchev–Trinajstić information content (AvgIpc) is 3.34. The summed E-state index contributed by atoms with van der Waals surface area (Å²) in [6.45, 7) is 2.74. The van der Waals surface area contributed by atoms with Crippen LogP contribution in [0.2, 0.25) is 5.02 Å². The molecule has 0 saturated carbocycles. The van der Waals surface area contributed by atoms with Crippen LogP contribution in [0.25, 0.3) is 6.08 Å². The maximum absolute atomic E-state index is 12.4. The van der Waals surface area contributed by atoms with E-state index in [-0.39, 0.29) is 11.8 Å². The van der Waals surface area contributed by atoms with Crippen molar-refractivity contribution in [3.05, 3.63) is 89.3 Å². The largest absolute Gasteiger partial charge is 0.459 e. The second kappa shape index (κ2) is 9.53. The lowest BCUT2D eigenvalue weighted by Gasteiger charge is -2.35. The maximum atomic E-state index is 12.4. The van der Waals surface area contributed by atoms with Gasteiger partial charge in [-0.15, -0.1) is 0 Å². The number of anilines is 2. The summed E-state index contributed by atoms with van der Waals surface area (Å²) >= 11 is 5.86. The van der Waals surface area contributed by atoms with Crippen LogP contribution in [0.1, 0.15) is 16.1 Å². The van der Waals surface area contributed by atoms with Gasteiger partial charge in [0.1, 0.15) is 0 Å². The molecule has 2 amide bonds. The van der Waals surface area contributed by atoms with Crippen LogP contribution in [0, 0.1) is 0 Å². The summed E-state index contributed by atoms with van der Waals surface area (Å²) in [6.07, 6.45) is 4.74. The number of carbonyl (C=O) groups excluding carboxylic acids is 2. The number of hydrogen-bond donors (Lipinski definition) is 1. The number of benzene rings is 2. The van der Waals surface area contributed by atoms with Gasteiger partial charge in [0.15, 0.2) is 5.76 Å². The van der Waals surface area contributed by atoms with Crippen molar-refractivity contribution in [3.63, 3.8) is 0 Å². The van der Waals surface area contributed by atoms with Crippen LogP contribution < -0.4 is 10.2 Å². The summed E-state index contributed by atoms with van der Waals surface area (Å²) in [5, 5.41) is 3.52. The predicted molar refractivity (Wildman–Crippen MR) is 122 cm³/mol. The lowest BCUT2D eigenvalue weighted by molar-refractivity contribution is -0.111. The Hall–Kier alpha value is -3.51. The Bertz CT molecular complexity index is 1050. The van der Waals surface area contributed by atoms with Gasteiger partial charge in [-0.1, -0.05) is 23.7 Å². The van der Waals surface area contributed by atoms with Gasteiger partial charge in [0.25, 0.3) is 5.91 Å². The molecule has 7 heteroatoms. The molecule has 0 unspecified atom stereocenters. The van der Waals surface area contributed by atoms with Crippen LogP contribution >= 0.6 is 11.6 Å². The van der Waals surface area contributed by atoms with Crippen LogP contribution in [-0.2, 0) is 4.79 Å². The number of halogens is 1. The van der Waals surface area contributed by atoms with Crippen LogP contribution in [0.4, 0.5) is 11.4 Å². The molecule has 1 fully saturated rings. The number of nitrogens with zero attached hydrogens (tertiary/aromatic N) is 2. The Kier molecular flexibility index (Phi) is 6.38. The van der Waals surface area contributed by atoms with Crippen LogP contribution in [0.15, 0.2) is 77.4 Å². The van der Waals surface area contributed by atoms with E-state index in [0.717, 1.165) is 30.0 Å². The Morgan fingerprint density at radius 2 is 1.65 bits per heavy atom. The van der Waals surface area contributed by atoms with Crippen molar-refractivity contribution in [2.24, 2.45) is 0 Å². The van der Waals surface area contributed by atoms with Crippen molar-refractivity contribution in [2.45, 2.75) is 0 Å². The minimum Gasteiger partial charge on any atom is -0.459 e. The third kappa shape index (κ3) is 5.35. The molecule has 2 aromatic carbocycles. The summed E-state index contributed by atoms with van der Waals surface area (Å²) < 4.78 is 5.20. The molecule has 0 spiro atoms. The van der Waals surface area contributed by atoms with E-state index in [9.17, 15) is 9.59 Å². The van der Waals surface area contributed by atoms with Gasteiger partial charge in [0.2, 0.25) is 5.91 Å². The predicted octanol–water partition coefficient (Wildman–Crippen LogP) is 4.55. The van der Waals surface area contributed by atoms with Gasteiger partial charge < -0.3 is 19.5 Å². The summed E-state index contributed by atoms with van der Waals surface area (Å²) in [5.74, 6) is 0.0979. The zero-order chi connectivity index (χ0) is 21.6. The van der Waals surface area contributed by atoms with Gasteiger partial charge in [-0.25, -0.2) is 0 Å². The summed E-state index contributed by atoms with van der Waals surface area (Å²) in [7, 11) is 0. The lowest BCUT2D eigenvalue weighted by Crippen LogP contribution is -2.48. The fourth-order valence-corrected chi connectivity index (χ4v) is 3.54. The van der Waals surface area contributed by atoms with E-state index in [1.54, 1.807) is 35.2 Å². The van der Waals surface area contributed by atoms with E-state index in [2.05, 4.69) is 10.2 Å². The molecule has 0 radical (unpaired) electrons. The van der Waals surface area contributed by atoms with E-state index >= 15 is 0 Å². The Morgan fingerprint density at radius 1 is 0.935 bits per heavy atom. The zero-order valence-electron chi connectivity index (χ0n) is 16.8. The lowest BCUT2D eigenvalue weighted by atomic mass is 10.2. The minimum absolute atomic E-state index is 0.0747. The van der Waals surface area contributed by atoms with Gasteiger partial charge >= 0.3 is 0 Å². The van der Waals surface area contributed by atoms with E-state index in [1.165, 1.54) is 12.3 Å². The topological polar surface area (TPSA) is 65.8 Å². The standard InChI is InChI=1S/C24H22ClN3O3/c25-19-6-3-18(4-7-19)5-12-23(29)26-20-8-10-21(11-9-20)27-13-15-28(16-14-27)24(30)22-2-1-17-31-22/h1-12,17H,13-16H2,(H,26,29). The first-order valence-electron chi connectivity index (χ1n) is 10.0. The van der Waals surface area contributed by atoms with Crippen molar-refractivity contribution in [1.29, 1.82) is 0 Å². The fourth-order valence-electron chi connectivity index (χ4n) is 3.41. The molecule has 158 valence electrons. The van der Waals surface area contributed by atoms with E-state index < -0.39 is 0 Å². The molecule has 1 N–H and O–H groups in total. The molecular formula is C24H22ClN3O3. The number of carbonyl (C=O) groups is 2. The molecule has 1 saturated heterocycles. The Balaban J connectivity index is 1.29. The van der Waals surface area contributed by atoms with Gasteiger partial charge in [-0.3, -0.25) is 9.59 Å². The Morgan fingerprint density at radius 3 is 2.29 bits per heavy atom. The molecule has 3 aromatic rings. The molecule has 6 nitrogen and oxygen atoms in total. The van der Waals surface area contributed by atoms with E-state index in [4.69, 9.17) is 16.0 Å². The first kappa shape index (κ1) is 20.8. The first-order chi connectivity index (χ1) is 15.1. The van der Waals surface area contributed by atoms with Crippen molar-refractivity contribution in [1.82, 2.24) is 4.90 Å². The highest BCUT2D eigenvalue weighted by atomic mass is 35.5. The molecule has 1 aromatic heterocycles. The second-order valence-corrected chi connectivity index (χ2v) is 7.61. The molecule has 2 heterocycles. The fraction of sp³-hybridized carbons (Fsp3) is 0.167. The highest BCUT2D eigenvalue weighted by Crippen LogP contribution is 2.20. The number of piperazine rings is 1. The Labute approximate surface area is 185 Å². The average molecular weight is 436 g/mol. The third-order valence-electron chi connectivity index (χ3n) is 5.10. The minimum atomic E-state index is -0.201. The molecular weight excluding hydrogens is 414 g/mol. The summed E-state index contributed by atoms with van der Waals surface area (Å²) in [6, 6.07) is 18.4. The number of amides is 2. The SMILES string of the molecule is O=C(C=Cc1ccc(Cl)cc1)Nc1ccc(N2CCN(C(=O)c3ccco3)CC2)cc1. The van der Waals surface area contributed by atoms with Crippen molar-refractivity contribution in [3.8, 4) is 0 Å². The number of nitrogens with one attached hydrogen (secondary N) is 1. The normalized spacial score (nSPS) is 14.1. The van der Waals surface area contributed by atoms with E-state index in [1.807, 2.05) is 36.4 Å². The van der Waals surface area contributed by atoms with Crippen molar-refractivity contribution < 1.29 is 14.0 Å². The molecule has 31 heavy (non-hydrogen) atoms. The monoisotopic (exact) mass is 435 g/mol. The number of hydrogen-bond acceptors (Lipinski definition) is 4. The summed E-state index contributed by atoms with van der Waals surface area (Å²) in [5.41, 5.74) is 2.68. The highest BCUT2D eigenvalue weighted by Gasteiger charge is 2.23. The van der Waals surface area contributed by atoms with Gasteiger partial charge in [-0.2, -0.15) is 0 Å². The molecule has 1 aliphatic heterocycles. The highest BCUT2D eigenvalue weighted by molar-refractivity contribution is 6.30. The molecule has 4 rings (SSSR count). The smallest absolute Gasteiger partial charge is 0.289 e. The van der Waals surface area contributed by atoms with Gasteiger partial charge in [-0.05, 0) is 60.2 Å².